The molecule has 0 heterocycles. The Bertz CT molecular complexity index is 503. The number of amides is 1. The number of nitrogens with two attached hydrogens (primary N) is 1. The second-order valence-electron chi connectivity index (χ2n) is 4.20. The van der Waals surface area contributed by atoms with E-state index in [0.717, 1.165) is 0 Å². The molecule has 0 aliphatic heterocycles. The van der Waals surface area contributed by atoms with Crippen LogP contribution in [0.25, 0.3) is 0 Å². The molecule has 1 rings (SSSR count). The van der Waals surface area contributed by atoms with Crippen LogP contribution < -0.4 is 10.5 Å². The smallest absolute Gasteiger partial charge is 0.406 e. The lowest BCUT2D eigenvalue weighted by Crippen LogP contribution is -2.41. The van der Waals surface area contributed by atoms with E-state index in [2.05, 4.69) is 0 Å². The van der Waals surface area contributed by atoms with E-state index >= 15 is 0 Å². The van der Waals surface area contributed by atoms with Gasteiger partial charge in [-0.15, -0.1) is 0 Å². The van der Waals surface area contributed by atoms with Gasteiger partial charge in [-0.1, -0.05) is 12.2 Å². The van der Waals surface area contributed by atoms with Crippen LogP contribution in [0.5, 0.6) is 5.75 Å². The van der Waals surface area contributed by atoms with Crippen molar-refractivity contribution in [3.8, 4) is 5.75 Å². The summed E-state index contributed by atoms with van der Waals surface area (Å²) in [5.74, 6) is -0.375. The van der Waals surface area contributed by atoms with Crippen LogP contribution in [0.3, 0.4) is 0 Å². The third-order valence-electron chi connectivity index (χ3n) is 2.61. The first kappa shape index (κ1) is 17.2. The summed E-state index contributed by atoms with van der Waals surface area (Å²) in [6, 6.07) is 6.30. The first-order chi connectivity index (χ1) is 9.73. The maximum atomic E-state index is 12.3. The number of likely N-dealkylation sites (N-methyl/N-ethyl adjacent to an activating group) is 1. The number of hydrogen-bond acceptors (Lipinski definition) is 3. The molecule has 21 heavy (non-hydrogen) atoms. The highest BCUT2D eigenvalue weighted by atomic mass is 32.1. The van der Waals surface area contributed by atoms with Gasteiger partial charge < -0.3 is 15.4 Å². The van der Waals surface area contributed by atoms with Gasteiger partial charge in [-0.25, -0.2) is 0 Å². The molecule has 0 atom stereocenters. The molecule has 0 aromatic heterocycles. The van der Waals surface area contributed by atoms with E-state index < -0.39 is 25.2 Å². The SMILES string of the molecule is CCN(CC(F)(F)F)C(=O)COc1ccc(C(N)=S)cc1. The van der Waals surface area contributed by atoms with Crippen molar-refractivity contribution >= 4 is 23.1 Å². The molecule has 0 saturated heterocycles. The van der Waals surface area contributed by atoms with Crippen molar-refractivity contribution in [1.29, 1.82) is 0 Å². The predicted molar refractivity (Wildman–Crippen MR) is 76.1 cm³/mol. The lowest BCUT2D eigenvalue weighted by atomic mass is 10.2. The molecule has 0 fully saturated rings. The van der Waals surface area contributed by atoms with Gasteiger partial charge in [0.05, 0.1) is 0 Å². The summed E-state index contributed by atoms with van der Waals surface area (Å²) in [5.41, 5.74) is 6.06. The van der Waals surface area contributed by atoms with Gasteiger partial charge in [-0.05, 0) is 31.2 Å². The average Bonchev–Trinajstić information content (AvgIpc) is 2.41. The van der Waals surface area contributed by atoms with Crippen LogP contribution in [0.15, 0.2) is 24.3 Å². The second kappa shape index (κ2) is 7.26. The van der Waals surface area contributed by atoms with Gasteiger partial charge >= 0.3 is 6.18 Å². The van der Waals surface area contributed by atoms with Crippen LogP contribution in [0.4, 0.5) is 13.2 Å². The molecule has 1 amide bonds. The number of alkyl halides is 3. The number of thiocarbonyl (C=S) groups is 1. The number of nitrogens with zero attached hydrogens (tertiary/aromatic N) is 1. The first-order valence-electron chi connectivity index (χ1n) is 6.10. The van der Waals surface area contributed by atoms with Crippen molar-refractivity contribution in [2.24, 2.45) is 5.73 Å². The molecule has 8 heteroatoms. The Labute approximate surface area is 125 Å². The Kier molecular flexibility index (Phi) is 5.95. The minimum atomic E-state index is -4.43. The average molecular weight is 320 g/mol. The molecule has 1 aromatic rings. The molecular weight excluding hydrogens is 305 g/mol. The van der Waals surface area contributed by atoms with Crippen LogP contribution in [-0.2, 0) is 4.79 Å². The number of carbonyl (C=O) groups is 1. The number of carbonyl (C=O) groups excluding carboxylic acids is 1. The standard InChI is InChI=1S/C13H15F3N2O2S/c1-2-18(8-13(14,15)16)11(19)7-20-10-5-3-9(4-6-10)12(17)21/h3-6H,2,7-8H2,1H3,(H2,17,21). The summed E-state index contributed by atoms with van der Waals surface area (Å²) in [4.78, 5) is 12.6. The highest BCUT2D eigenvalue weighted by Gasteiger charge is 2.32. The Morgan fingerprint density at radius 3 is 2.33 bits per heavy atom. The molecule has 0 bridgehead atoms. The van der Waals surface area contributed by atoms with Crippen molar-refractivity contribution in [1.82, 2.24) is 4.90 Å². The molecule has 0 unspecified atom stereocenters. The minimum absolute atomic E-state index is 0.0396. The van der Waals surface area contributed by atoms with E-state index in [-0.39, 0.29) is 11.5 Å². The Hall–Kier alpha value is -1.83. The molecule has 0 aliphatic rings. The largest absolute Gasteiger partial charge is 0.484 e. The van der Waals surface area contributed by atoms with Gasteiger partial charge in [0, 0.05) is 12.1 Å². The molecule has 0 saturated carbocycles. The van der Waals surface area contributed by atoms with Crippen molar-refractivity contribution in [3.63, 3.8) is 0 Å². The number of rotatable bonds is 6. The Morgan fingerprint density at radius 1 is 1.33 bits per heavy atom. The molecule has 0 spiro atoms. The van der Waals surface area contributed by atoms with E-state index in [1.165, 1.54) is 6.92 Å². The molecule has 1 aromatic carbocycles. The summed E-state index contributed by atoms with van der Waals surface area (Å²) in [6.07, 6.45) is -4.43. The maximum absolute atomic E-state index is 12.3. The molecule has 0 aliphatic carbocycles. The van der Waals surface area contributed by atoms with Crippen LogP contribution in [-0.4, -0.2) is 41.7 Å². The van der Waals surface area contributed by atoms with Crippen molar-refractivity contribution in [3.05, 3.63) is 29.8 Å². The van der Waals surface area contributed by atoms with Crippen molar-refractivity contribution < 1.29 is 22.7 Å². The van der Waals surface area contributed by atoms with Crippen LogP contribution in [0.2, 0.25) is 0 Å². The van der Waals surface area contributed by atoms with Crippen LogP contribution >= 0.6 is 12.2 Å². The highest BCUT2D eigenvalue weighted by Crippen LogP contribution is 2.17. The normalized spacial score (nSPS) is 11.0. The minimum Gasteiger partial charge on any atom is -0.484 e. The zero-order valence-electron chi connectivity index (χ0n) is 11.3. The number of benzene rings is 1. The zero-order valence-corrected chi connectivity index (χ0v) is 12.1. The Balaban J connectivity index is 2.57. The highest BCUT2D eigenvalue weighted by molar-refractivity contribution is 7.80. The lowest BCUT2D eigenvalue weighted by Gasteiger charge is -2.22. The monoisotopic (exact) mass is 320 g/mol. The maximum Gasteiger partial charge on any atom is 0.406 e. The lowest BCUT2D eigenvalue weighted by molar-refractivity contribution is -0.161. The fraction of sp³-hybridized carbons (Fsp3) is 0.385. The topological polar surface area (TPSA) is 55.6 Å². The summed E-state index contributed by atoms with van der Waals surface area (Å²) < 4.78 is 42.0. The molecule has 4 nitrogen and oxygen atoms in total. The second-order valence-corrected chi connectivity index (χ2v) is 4.64. The van der Waals surface area contributed by atoms with E-state index in [1.807, 2.05) is 0 Å². The summed E-state index contributed by atoms with van der Waals surface area (Å²) in [7, 11) is 0. The third kappa shape index (κ3) is 5.99. The predicted octanol–water partition coefficient (Wildman–Crippen LogP) is 2.11. The number of ether oxygens (including phenoxy) is 1. The summed E-state index contributed by atoms with van der Waals surface area (Å²) in [6.45, 7) is -0.314. The Morgan fingerprint density at radius 2 is 1.90 bits per heavy atom. The van der Waals surface area contributed by atoms with Gasteiger partial charge in [-0.2, -0.15) is 13.2 Å². The molecule has 0 radical (unpaired) electrons. The van der Waals surface area contributed by atoms with Gasteiger partial charge in [0.15, 0.2) is 6.61 Å². The van der Waals surface area contributed by atoms with Crippen LogP contribution in [0.1, 0.15) is 12.5 Å². The quantitative estimate of drug-likeness (QED) is 0.816. The number of halogens is 3. The van der Waals surface area contributed by atoms with E-state index in [0.29, 0.717) is 16.2 Å². The van der Waals surface area contributed by atoms with Gasteiger partial charge in [0.1, 0.15) is 17.3 Å². The van der Waals surface area contributed by atoms with E-state index in [4.69, 9.17) is 22.7 Å². The van der Waals surface area contributed by atoms with Crippen molar-refractivity contribution in [2.75, 3.05) is 19.7 Å². The van der Waals surface area contributed by atoms with E-state index in [1.54, 1.807) is 24.3 Å². The van der Waals surface area contributed by atoms with Crippen molar-refractivity contribution in [2.45, 2.75) is 13.1 Å². The summed E-state index contributed by atoms with van der Waals surface area (Å²) >= 11 is 4.78. The molecule has 116 valence electrons. The van der Waals surface area contributed by atoms with Gasteiger partial charge in [0.2, 0.25) is 0 Å². The van der Waals surface area contributed by atoms with Gasteiger partial charge in [0.25, 0.3) is 5.91 Å². The zero-order chi connectivity index (χ0) is 16.0. The first-order valence-corrected chi connectivity index (χ1v) is 6.51. The third-order valence-corrected chi connectivity index (χ3v) is 2.84. The fourth-order valence-electron chi connectivity index (χ4n) is 1.54. The number of hydrogen-bond donors (Lipinski definition) is 1. The summed E-state index contributed by atoms with van der Waals surface area (Å²) in [5, 5.41) is 0. The fourth-order valence-corrected chi connectivity index (χ4v) is 1.68. The van der Waals surface area contributed by atoms with E-state index in [9.17, 15) is 18.0 Å². The van der Waals surface area contributed by atoms with Gasteiger partial charge in [-0.3, -0.25) is 4.79 Å². The molecular formula is C13H15F3N2O2S. The van der Waals surface area contributed by atoms with Crippen LogP contribution in [0, 0.1) is 0 Å². The molecule has 2 N–H and O–H groups in total.